The van der Waals surface area contributed by atoms with Crippen molar-refractivity contribution in [2.45, 2.75) is 84.2 Å². The Bertz CT molecular complexity index is 1220. The number of benzene rings is 2. The lowest BCUT2D eigenvalue weighted by atomic mass is 9.66. The second-order valence-corrected chi connectivity index (χ2v) is 10.9. The molecule has 2 aromatic carbocycles. The van der Waals surface area contributed by atoms with Crippen molar-refractivity contribution in [3.63, 3.8) is 0 Å². The van der Waals surface area contributed by atoms with Gasteiger partial charge in [0.2, 0.25) is 11.5 Å². The van der Waals surface area contributed by atoms with E-state index in [1.165, 1.54) is 0 Å². The van der Waals surface area contributed by atoms with Crippen molar-refractivity contribution in [3.8, 4) is 40.6 Å². The summed E-state index contributed by atoms with van der Waals surface area (Å²) >= 11 is 0. The topological polar surface area (TPSA) is 82.4 Å². The highest BCUT2D eigenvalue weighted by atomic mass is 16.5. The summed E-state index contributed by atoms with van der Waals surface area (Å²) in [5, 5.41) is 10.8. The summed E-state index contributed by atoms with van der Waals surface area (Å²) in [6, 6.07) is 9.00. The predicted molar refractivity (Wildman–Crippen MR) is 166 cm³/mol. The van der Waals surface area contributed by atoms with Crippen LogP contribution >= 0.6 is 0 Å². The highest BCUT2D eigenvalue weighted by Crippen LogP contribution is 2.52. The number of hydrogen-bond donors (Lipinski definition) is 0. The van der Waals surface area contributed by atoms with Crippen LogP contribution in [-0.4, -0.2) is 59.6 Å². The van der Waals surface area contributed by atoms with Gasteiger partial charge in [0.15, 0.2) is 23.0 Å². The van der Waals surface area contributed by atoms with E-state index in [4.69, 9.17) is 28.4 Å². The van der Waals surface area contributed by atoms with E-state index in [2.05, 4.69) is 31.9 Å². The zero-order valence-electron chi connectivity index (χ0n) is 27.1. The van der Waals surface area contributed by atoms with Gasteiger partial charge in [-0.1, -0.05) is 32.8 Å². The lowest BCUT2D eigenvalue weighted by molar-refractivity contribution is 0.182. The minimum atomic E-state index is -0.622. The van der Waals surface area contributed by atoms with E-state index in [0.29, 0.717) is 42.8 Å². The van der Waals surface area contributed by atoms with Crippen LogP contribution in [-0.2, 0) is 18.4 Å². The number of nitrogens with zero attached hydrogens (tertiary/aromatic N) is 2. The van der Waals surface area contributed by atoms with Crippen molar-refractivity contribution >= 4 is 0 Å². The van der Waals surface area contributed by atoms with Gasteiger partial charge in [-0.25, -0.2) is 0 Å². The third-order valence-electron chi connectivity index (χ3n) is 8.88. The molecule has 1 aliphatic rings. The molecule has 1 aliphatic heterocycles. The molecule has 0 saturated carbocycles. The molecule has 3 rings (SSSR count). The zero-order valence-corrected chi connectivity index (χ0v) is 27.1. The van der Waals surface area contributed by atoms with E-state index in [1.54, 1.807) is 28.4 Å². The molecule has 2 unspecified atom stereocenters. The lowest BCUT2D eigenvalue weighted by Gasteiger charge is -2.38. The highest BCUT2D eigenvalue weighted by molar-refractivity contribution is 5.68. The number of rotatable bonds is 16. The fraction of sp³-hybridized carbons (Fsp3) is 0.618. The summed E-state index contributed by atoms with van der Waals surface area (Å²) in [7, 11) is 8.71. The number of ether oxygens (including phenoxy) is 6. The predicted octanol–water partition coefficient (Wildman–Crippen LogP) is 6.94. The van der Waals surface area contributed by atoms with Crippen LogP contribution in [0.2, 0.25) is 0 Å². The van der Waals surface area contributed by atoms with Crippen LogP contribution in [0.15, 0.2) is 18.2 Å². The van der Waals surface area contributed by atoms with Crippen LogP contribution in [0.4, 0.5) is 0 Å². The average Bonchev–Trinajstić information content (AvgIpc) is 3.01. The molecule has 0 fully saturated rings. The van der Waals surface area contributed by atoms with Crippen LogP contribution in [0.1, 0.15) is 76.5 Å². The first-order valence-electron chi connectivity index (χ1n) is 15.2. The standard InChI is InChI=1S/C34H50N2O6/c1-10-23(11-2)34(22-35,24-16-17-28(37-6)29(19-24)38-7)18-14-15-25-20-26-27(21-36(25)5)31(42-13-4)33(40-9)32(39-8)30(26)41-12-3/h16-17,19,23,25H,10-15,18,20-21H2,1-9H3. The van der Waals surface area contributed by atoms with Gasteiger partial charge in [0.05, 0.1) is 53.1 Å². The second kappa shape index (κ2) is 15.2. The maximum absolute atomic E-state index is 10.8. The molecule has 0 radical (unpaired) electrons. The van der Waals surface area contributed by atoms with E-state index in [0.717, 1.165) is 66.7 Å². The van der Waals surface area contributed by atoms with Crippen molar-refractivity contribution < 1.29 is 28.4 Å². The van der Waals surface area contributed by atoms with Crippen LogP contribution in [0.25, 0.3) is 0 Å². The molecule has 8 heteroatoms. The van der Waals surface area contributed by atoms with E-state index >= 15 is 0 Å². The SMILES string of the molecule is CCOc1c2c(c(OCC)c(OC)c1OC)CN(C)C(CCCC(C#N)(c1ccc(OC)c(OC)c1)C(CC)CC)C2. The fourth-order valence-corrected chi connectivity index (χ4v) is 6.71. The monoisotopic (exact) mass is 582 g/mol. The van der Waals surface area contributed by atoms with Crippen molar-refractivity contribution in [3.05, 3.63) is 34.9 Å². The van der Waals surface area contributed by atoms with Crippen molar-refractivity contribution in [2.24, 2.45) is 5.92 Å². The Morgan fingerprint density at radius 3 is 1.95 bits per heavy atom. The summed E-state index contributed by atoms with van der Waals surface area (Å²) in [5.41, 5.74) is 2.58. The summed E-state index contributed by atoms with van der Waals surface area (Å²) in [6.45, 7) is 10.1. The quantitative estimate of drug-likeness (QED) is 0.210. The molecule has 0 N–H and O–H groups in total. The lowest BCUT2D eigenvalue weighted by Crippen LogP contribution is -2.39. The minimum Gasteiger partial charge on any atom is -0.493 e. The Hall–Kier alpha value is -3.31. The summed E-state index contributed by atoms with van der Waals surface area (Å²) < 4.78 is 35.0. The van der Waals surface area contributed by atoms with Gasteiger partial charge in [-0.15, -0.1) is 0 Å². The normalized spacial score (nSPS) is 16.3. The number of methoxy groups -OCH3 is 4. The number of hydrogen-bond acceptors (Lipinski definition) is 8. The summed E-state index contributed by atoms with van der Waals surface area (Å²) in [5.74, 6) is 4.17. The first kappa shape index (κ1) is 33.2. The van der Waals surface area contributed by atoms with Crippen LogP contribution in [0.5, 0.6) is 34.5 Å². The Kier molecular flexibility index (Phi) is 12.0. The molecule has 1 heterocycles. The van der Waals surface area contributed by atoms with Gasteiger partial charge in [0.1, 0.15) is 0 Å². The molecule has 0 saturated heterocycles. The van der Waals surface area contributed by atoms with Gasteiger partial charge in [-0.05, 0) is 70.2 Å². The smallest absolute Gasteiger partial charge is 0.207 e. The molecular weight excluding hydrogens is 532 g/mol. The van der Waals surface area contributed by atoms with Crippen LogP contribution in [0, 0.1) is 17.2 Å². The van der Waals surface area contributed by atoms with E-state index < -0.39 is 5.41 Å². The number of likely N-dealkylation sites (N-methyl/N-ethyl adjacent to an activating group) is 1. The Labute approximate surface area is 252 Å². The first-order valence-corrected chi connectivity index (χ1v) is 15.2. The Balaban J connectivity index is 1.96. The van der Waals surface area contributed by atoms with Crippen LogP contribution < -0.4 is 28.4 Å². The molecule has 0 bridgehead atoms. The number of fused-ring (bicyclic) bond motifs is 1. The maximum atomic E-state index is 10.8. The molecule has 42 heavy (non-hydrogen) atoms. The minimum absolute atomic E-state index is 0.223. The largest absolute Gasteiger partial charge is 0.493 e. The zero-order chi connectivity index (χ0) is 30.9. The Morgan fingerprint density at radius 2 is 1.45 bits per heavy atom. The maximum Gasteiger partial charge on any atom is 0.207 e. The van der Waals surface area contributed by atoms with Gasteiger partial charge < -0.3 is 28.4 Å². The average molecular weight is 583 g/mol. The van der Waals surface area contributed by atoms with Crippen molar-refractivity contribution in [1.29, 1.82) is 5.26 Å². The van der Waals surface area contributed by atoms with E-state index in [-0.39, 0.29) is 12.0 Å². The van der Waals surface area contributed by atoms with E-state index in [9.17, 15) is 5.26 Å². The van der Waals surface area contributed by atoms with Gasteiger partial charge in [0.25, 0.3) is 0 Å². The molecule has 232 valence electrons. The summed E-state index contributed by atoms with van der Waals surface area (Å²) in [6.07, 6.45) is 5.25. The molecule has 0 amide bonds. The third kappa shape index (κ3) is 6.36. The molecular formula is C34H50N2O6. The van der Waals surface area contributed by atoms with E-state index in [1.807, 2.05) is 32.0 Å². The summed E-state index contributed by atoms with van der Waals surface area (Å²) in [4.78, 5) is 2.38. The second-order valence-electron chi connectivity index (χ2n) is 10.9. The molecule has 0 aromatic heterocycles. The molecule has 2 aromatic rings. The van der Waals surface area contributed by atoms with Gasteiger partial charge in [0, 0.05) is 23.7 Å². The van der Waals surface area contributed by atoms with Gasteiger partial charge in [-0.3, -0.25) is 4.90 Å². The molecule has 8 nitrogen and oxygen atoms in total. The first-order chi connectivity index (χ1) is 20.3. The van der Waals surface area contributed by atoms with Gasteiger partial charge in [-0.2, -0.15) is 5.26 Å². The molecule has 2 atom stereocenters. The molecule has 0 aliphatic carbocycles. The number of nitriles is 1. The third-order valence-corrected chi connectivity index (χ3v) is 8.88. The highest BCUT2D eigenvalue weighted by Gasteiger charge is 2.40. The van der Waals surface area contributed by atoms with Crippen molar-refractivity contribution in [1.82, 2.24) is 4.90 Å². The molecule has 0 spiro atoms. The van der Waals surface area contributed by atoms with Crippen LogP contribution in [0.3, 0.4) is 0 Å². The van der Waals surface area contributed by atoms with Crippen molar-refractivity contribution in [2.75, 3.05) is 48.7 Å². The van der Waals surface area contributed by atoms with Gasteiger partial charge >= 0.3 is 0 Å². The fourth-order valence-electron chi connectivity index (χ4n) is 6.71. The Morgan fingerprint density at radius 1 is 0.857 bits per heavy atom.